The van der Waals surface area contributed by atoms with Gasteiger partial charge < -0.3 is 14.6 Å². The number of rotatable bonds is 4. The highest BCUT2D eigenvalue weighted by Crippen LogP contribution is 2.17. The number of furan rings is 1. The highest BCUT2D eigenvalue weighted by atomic mass is 16.3. The molecule has 1 aromatic carbocycles. The molecule has 1 aliphatic rings. The molecule has 0 atom stereocenters. The maximum absolute atomic E-state index is 12.8. The van der Waals surface area contributed by atoms with Crippen LogP contribution in [0.1, 0.15) is 50.7 Å². The van der Waals surface area contributed by atoms with E-state index in [1.54, 1.807) is 24.0 Å². The Labute approximate surface area is 174 Å². The number of aromatic nitrogens is 3. The first-order chi connectivity index (χ1) is 14.4. The standard InChI is InChI=1S/C22H25N5O3/c1-14-6-7-18(15(2)13-14)27-24-16(3)20(25-27)21(28)23-17-8-10-26(11-9-17)22(29)19-5-4-12-30-19/h4-7,12-13,17H,8-11H2,1-3H3,(H,23,28). The number of amides is 2. The average molecular weight is 407 g/mol. The van der Waals surface area contributed by atoms with Crippen molar-refractivity contribution in [3.05, 3.63) is 64.9 Å². The fraction of sp³-hybridized carbons (Fsp3) is 0.364. The fourth-order valence-electron chi connectivity index (χ4n) is 3.76. The highest BCUT2D eigenvalue weighted by molar-refractivity contribution is 5.93. The number of likely N-dealkylation sites (tertiary alicyclic amines) is 1. The van der Waals surface area contributed by atoms with Crippen LogP contribution in [0.25, 0.3) is 5.69 Å². The van der Waals surface area contributed by atoms with Crippen LogP contribution in [0, 0.1) is 20.8 Å². The first-order valence-corrected chi connectivity index (χ1v) is 10.1. The third-order valence-electron chi connectivity index (χ3n) is 5.41. The van der Waals surface area contributed by atoms with Crippen molar-refractivity contribution in [1.29, 1.82) is 0 Å². The Kier molecular flexibility index (Phi) is 5.39. The van der Waals surface area contributed by atoms with Crippen LogP contribution < -0.4 is 5.32 Å². The summed E-state index contributed by atoms with van der Waals surface area (Å²) in [5, 5.41) is 11.9. The van der Waals surface area contributed by atoms with Crippen LogP contribution in [0.5, 0.6) is 0 Å². The normalized spacial score (nSPS) is 14.7. The first kappa shape index (κ1) is 19.9. The summed E-state index contributed by atoms with van der Waals surface area (Å²) in [6.07, 6.45) is 2.86. The largest absolute Gasteiger partial charge is 0.459 e. The van der Waals surface area contributed by atoms with Gasteiger partial charge in [0.25, 0.3) is 11.8 Å². The van der Waals surface area contributed by atoms with Crippen molar-refractivity contribution in [1.82, 2.24) is 25.2 Å². The third-order valence-corrected chi connectivity index (χ3v) is 5.41. The molecule has 8 heteroatoms. The zero-order valence-corrected chi connectivity index (χ0v) is 17.4. The second-order valence-corrected chi connectivity index (χ2v) is 7.73. The fourth-order valence-corrected chi connectivity index (χ4v) is 3.76. The van der Waals surface area contributed by atoms with Crippen molar-refractivity contribution < 1.29 is 14.0 Å². The van der Waals surface area contributed by atoms with Gasteiger partial charge >= 0.3 is 0 Å². The molecule has 0 unspecified atom stereocenters. The lowest BCUT2D eigenvalue weighted by molar-refractivity contribution is 0.0667. The monoisotopic (exact) mass is 407 g/mol. The number of hydrogen-bond acceptors (Lipinski definition) is 5. The van der Waals surface area contributed by atoms with Crippen LogP contribution in [0.4, 0.5) is 0 Å². The smallest absolute Gasteiger partial charge is 0.289 e. The third kappa shape index (κ3) is 3.98. The van der Waals surface area contributed by atoms with E-state index in [1.165, 1.54) is 11.1 Å². The Morgan fingerprint density at radius 3 is 2.53 bits per heavy atom. The van der Waals surface area contributed by atoms with Crippen LogP contribution in [0.15, 0.2) is 41.0 Å². The van der Waals surface area contributed by atoms with E-state index < -0.39 is 0 Å². The minimum Gasteiger partial charge on any atom is -0.459 e. The van der Waals surface area contributed by atoms with Gasteiger partial charge in [-0.05, 0) is 57.4 Å². The van der Waals surface area contributed by atoms with Crippen molar-refractivity contribution >= 4 is 11.8 Å². The number of nitrogens with one attached hydrogen (secondary N) is 1. The summed E-state index contributed by atoms with van der Waals surface area (Å²) < 4.78 is 5.19. The SMILES string of the molecule is Cc1ccc(-n2nc(C)c(C(=O)NC3CCN(C(=O)c4ccco4)CC3)n2)c(C)c1. The summed E-state index contributed by atoms with van der Waals surface area (Å²) in [7, 11) is 0. The molecule has 0 spiro atoms. The van der Waals surface area contributed by atoms with E-state index in [-0.39, 0.29) is 17.9 Å². The van der Waals surface area contributed by atoms with Gasteiger partial charge in [0, 0.05) is 19.1 Å². The molecule has 2 amide bonds. The van der Waals surface area contributed by atoms with Crippen molar-refractivity contribution in [2.75, 3.05) is 13.1 Å². The summed E-state index contributed by atoms with van der Waals surface area (Å²) in [5.41, 5.74) is 3.97. The summed E-state index contributed by atoms with van der Waals surface area (Å²) >= 11 is 0. The van der Waals surface area contributed by atoms with Crippen LogP contribution >= 0.6 is 0 Å². The molecule has 1 fully saturated rings. The lowest BCUT2D eigenvalue weighted by Crippen LogP contribution is -2.46. The van der Waals surface area contributed by atoms with Gasteiger partial charge in [0.2, 0.25) is 0 Å². The quantitative estimate of drug-likeness (QED) is 0.718. The van der Waals surface area contributed by atoms with E-state index in [0.717, 1.165) is 16.8 Å². The molecular formula is C22H25N5O3. The highest BCUT2D eigenvalue weighted by Gasteiger charge is 2.27. The molecule has 0 aliphatic carbocycles. The van der Waals surface area contributed by atoms with E-state index in [0.29, 0.717) is 43.1 Å². The molecule has 8 nitrogen and oxygen atoms in total. The van der Waals surface area contributed by atoms with Gasteiger partial charge in [-0.1, -0.05) is 17.7 Å². The molecule has 156 valence electrons. The predicted octanol–water partition coefficient (Wildman–Crippen LogP) is 2.82. The number of aryl methyl sites for hydroxylation is 3. The van der Waals surface area contributed by atoms with E-state index in [4.69, 9.17) is 4.42 Å². The van der Waals surface area contributed by atoms with Crippen LogP contribution in [0.3, 0.4) is 0 Å². The van der Waals surface area contributed by atoms with Gasteiger partial charge in [-0.2, -0.15) is 9.90 Å². The lowest BCUT2D eigenvalue weighted by Gasteiger charge is -2.31. The Bertz CT molecular complexity index is 1060. The first-order valence-electron chi connectivity index (χ1n) is 10.1. The maximum Gasteiger partial charge on any atom is 0.289 e. The summed E-state index contributed by atoms with van der Waals surface area (Å²) in [6.45, 7) is 6.95. The zero-order valence-electron chi connectivity index (χ0n) is 17.4. The van der Waals surface area contributed by atoms with Gasteiger partial charge in [0.1, 0.15) is 0 Å². The lowest BCUT2D eigenvalue weighted by atomic mass is 10.0. The molecule has 0 saturated carbocycles. The second kappa shape index (κ2) is 8.14. The molecule has 1 N–H and O–H groups in total. The van der Waals surface area contributed by atoms with Crippen molar-refractivity contribution in [2.45, 2.75) is 39.7 Å². The van der Waals surface area contributed by atoms with E-state index in [9.17, 15) is 9.59 Å². The minimum atomic E-state index is -0.237. The van der Waals surface area contributed by atoms with Gasteiger partial charge in [0.15, 0.2) is 11.5 Å². The molecule has 1 aliphatic heterocycles. The van der Waals surface area contributed by atoms with Crippen molar-refractivity contribution in [2.24, 2.45) is 0 Å². The van der Waals surface area contributed by atoms with Crippen molar-refractivity contribution in [3.63, 3.8) is 0 Å². The molecular weight excluding hydrogens is 382 g/mol. The van der Waals surface area contributed by atoms with Crippen molar-refractivity contribution in [3.8, 4) is 5.69 Å². The number of carbonyl (C=O) groups is 2. The summed E-state index contributed by atoms with van der Waals surface area (Å²) in [5.74, 6) is -0.00696. The van der Waals surface area contributed by atoms with Crippen LogP contribution in [-0.4, -0.2) is 50.8 Å². The molecule has 30 heavy (non-hydrogen) atoms. The Balaban J connectivity index is 1.39. The van der Waals surface area contributed by atoms with Gasteiger partial charge in [0.05, 0.1) is 17.6 Å². The number of benzene rings is 1. The summed E-state index contributed by atoms with van der Waals surface area (Å²) in [6, 6.07) is 9.37. The molecule has 0 radical (unpaired) electrons. The summed E-state index contributed by atoms with van der Waals surface area (Å²) in [4.78, 5) is 28.4. The topological polar surface area (TPSA) is 93.3 Å². The molecule has 4 rings (SSSR count). The van der Waals surface area contributed by atoms with E-state index in [2.05, 4.69) is 21.6 Å². The van der Waals surface area contributed by atoms with Gasteiger partial charge in [-0.25, -0.2) is 0 Å². The molecule has 2 aromatic heterocycles. The Morgan fingerprint density at radius 1 is 1.10 bits per heavy atom. The molecule has 3 aromatic rings. The average Bonchev–Trinajstić information content (AvgIpc) is 3.38. The Hall–Kier alpha value is -3.42. The van der Waals surface area contributed by atoms with Crippen LogP contribution in [0.2, 0.25) is 0 Å². The molecule has 0 bridgehead atoms. The molecule has 1 saturated heterocycles. The number of carbonyl (C=O) groups excluding carboxylic acids is 2. The predicted molar refractivity (Wildman–Crippen MR) is 111 cm³/mol. The number of piperidine rings is 1. The van der Waals surface area contributed by atoms with Gasteiger partial charge in [-0.15, -0.1) is 5.10 Å². The van der Waals surface area contributed by atoms with E-state index >= 15 is 0 Å². The number of nitrogens with zero attached hydrogens (tertiary/aromatic N) is 4. The minimum absolute atomic E-state index is 0.0104. The second-order valence-electron chi connectivity index (χ2n) is 7.73. The Morgan fingerprint density at radius 2 is 1.87 bits per heavy atom. The van der Waals surface area contributed by atoms with E-state index in [1.807, 2.05) is 26.0 Å². The van der Waals surface area contributed by atoms with Gasteiger partial charge in [-0.3, -0.25) is 9.59 Å². The zero-order chi connectivity index (χ0) is 21.3. The number of hydrogen-bond donors (Lipinski definition) is 1. The van der Waals surface area contributed by atoms with Crippen LogP contribution in [-0.2, 0) is 0 Å². The molecule has 3 heterocycles. The maximum atomic E-state index is 12.8.